The van der Waals surface area contributed by atoms with Crippen LogP contribution in [0.5, 0.6) is 5.75 Å². The summed E-state index contributed by atoms with van der Waals surface area (Å²) in [6.45, 7) is -1.92. The summed E-state index contributed by atoms with van der Waals surface area (Å²) in [6.07, 6.45) is 1.48. The van der Waals surface area contributed by atoms with E-state index in [9.17, 15) is 18.4 Å². The Morgan fingerprint density at radius 2 is 2.12 bits per heavy atom. The number of nitrogens with zero attached hydrogens (tertiary/aromatic N) is 2. The molecule has 6 nitrogen and oxygen atoms in total. The van der Waals surface area contributed by atoms with Gasteiger partial charge in [0.15, 0.2) is 5.13 Å². The number of aromatic nitrogens is 1. The maximum Gasteiger partial charge on any atom is 0.387 e. The van der Waals surface area contributed by atoms with Crippen LogP contribution in [0.3, 0.4) is 0 Å². The summed E-state index contributed by atoms with van der Waals surface area (Å²) in [5.41, 5.74) is 1.38. The molecule has 2 heterocycles. The Bertz CT molecular complexity index is 780. The van der Waals surface area contributed by atoms with Gasteiger partial charge >= 0.3 is 6.61 Å². The van der Waals surface area contributed by atoms with E-state index in [0.29, 0.717) is 23.8 Å². The molecule has 0 atom stereocenters. The van der Waals surface area contributed by atoms with Crippen molar-refractivity contribution in [2.45, 2.75) is 32.4 Å². The second-order valence-corrected chi connectivity index (χ2v) is 6.58. The Morgan fingerprint density at radius 3 is 2.77 bits per heavy atom. The number of ether oxygens (including phenoxy) is 1. The molecular formula is C17H17F2N3O3S. The second kappa shape index (κ2) is 8.22. The van der Waals surface area contributed by atoms with Gasteiger partial charge < -0.3 is 10.1 Å². The number of halogens is 2. The van der Waals surface area contributed by atoms with Crippen molar-refractivity contribution in [1.82, 2.24) is 10.3 Å². The van der Waals surface area contributed by atoms with Crippen molar-refractivity contribution in [2.75, 3.05) is 11.4 Å². The number of amides is 2. The zero-order valence-corrected chi connectivity index (χ0v) is 14.6. The highest BCUT2D eigenvalue weighted by atomic mass is 32.1. The number of anilines is 1. The van der Waals surface area contributed by atoms with Gasteiger partial charge in [0.1, 0.15) is 5.75 Å². The van der Waals surface area contributed by atoms with Gasteiger partial charge in [0.2, 0.25) is 11.8 Å². The van der Waals surface area contributed by atoms with Crippen LogP contribution in [-0.2, 0) is 22.6 Å². The minimum absolute atomic E-state index is 0.0645. The molecule has 138 valence electrons. The summed E-state index contributed by atoms with van der Waals surface area (Å²) in [5.74, 6) is -0.0707. The number of nitrogens with one attached hydrogen (secondary N) is 1. The van der Waals surface area contributed by atoms with Crippen LogP contribution in [0, 0.1) is 0 Å². The summed E-state index contributed by atoms with van der Waals surface area (Å²) in [4.78, 5) is 29.8. The Labute approximate surface area is 152 Å². The van der Waals surface area contributed by atoms with E-state index in [-0.39, 0.29) is 30.5 Å². The van der Waals surface area contributed by atoms with E-state index in [2.05, 4.69) is 15.0 Å². The quantitative estimate of drug-likeness (QED) is 0.801. The first-order valence-electron chi connectivity index (χ1n) is 8.06. The van der Waals surface area contributed by atoms with E-state index in [1.54, 1.807) is 22.4 Å². The van der Waals surface area contributed by atoms with E-state index in [1.807, 2.05) is 0 Å². The average molecular weight is 381 g/mol. The largest absolute Gasteiger partial charge is 0.435 e. The molecule has 3 rings (SSSR count). The molecule has 1 aromatic heterocycles. The van der Waals surface area contributed by atoms with Gasteiger partial charge in [-0.25, -0.2) is 4.98 Å². The van der Waals surface area contributed by atoms with Crippen molar-refractivity contribution >= 4 is 28.3 Å². The highest BCUT2D eigenvalue weighted by molar-refractivity contribution is 7.14. The third-order valence-corrected chi connectivity index (χ3v) is 4.74. The Balaban J connectivity index is 1.48. The SMILES string of the molecule is O=C(Cc1csc(N2CCCC2=O)n1)NCc1ccc(OC(F)F)cc1. The van der Waals surface area contributed by atoms with Crippen LogP contribution < -0.4 is 15.0 Å². The van der Waals surface area contributed by atoms with Gasteiger partial charge in [-0.3, -0.25) is 14.5 Å². The zero-order valence-electron chi connectivity index (χ0n) is 13.8. The number of carbonyl (C=O) groups is 2. The average Bonchev–Trinajstić information content (AvgIpc) is 3.22. The third-order valence-electron chi connectivity index (χ3n) is 3.82. The molecule has 1 N–H and O–H groups in total. The van der Waals surface area contributed by atoms with E-state index in [0.717, 1.165) is 12.0 Å². The fourth-order valence-corrected chi connectivity index (χ4v) is 3.44. The number of alkyl halides is 2. The van der Waals surface area contributed by atoms with E-state index in [4.69, 9.17) is 0 Å². The van der Waals surface area contributed by atoms with Crippen LogP contribution in [0.1, 0.15) is 24.1 Å². The number of rotatable bonds is 7. The summed E-state index contributed by atoms with van der Waals surface area (Å²) >= 11 is 1.35. The summed E-state index contributed by atoms with van der Waals surface area (Å²) in [5, 5.41) is 5.16. The van der Waals surface area contributed by atoms with Gasteiger partial charge in [0.25, 0.3) is 0 Å². The number of thiazole rings is 1. The molecule has 9 heteroatoms. The maximum atomic E-state index is 12.1. The van der Waals surface area contributed by atoms with E-state index < -0.39 is 6.61 Å². The van der Waals surface area contributed by atoms with Crippen molar-refractivity contribution in [3.05, 3.63) is 40.9 Å². The van der Waals surface area contributed by atoms with Gasteiger partial charge in [0, 0.05) is 24.9 Å². The monoisotopic (exact) mass is 381 g/mol. The molecule has 0 saturated carbocycles. The molecule has 2 amide bonds. The fourth-order valence-electron chi connectivity index (χ4n) is 2.57. The lowest BCUT2D eigenvalue weighted by molar-refractivity contribution is -0.120. The van der Waals surface area contributed by atoms with Crippen LogP contribution in [0.2, 0.25) is 0 Å². The van der Waals surface area contributed by atoms with Crippen molar-refractivity contribution < 1.29 is 23.1 Å². The van der Waals surface area contributed by atoms with Gasteiger partial charge in [-0.1, -0.05) is 12.1 Å². The molecular weight excluding hydrogens is 364 g/mol. The topological polar surface area (TPSA) is 71.5 Å². The van der Waals surface area contributed by atoms with Crippen molar-refractivity contribution in [3.8, 4) is 5.75 Å². The molecule has 0 radical (unpaired) electrons. The van der Waals surface area contributed by atoms with Crippen molar-refractivity contribution in [1.29, 1.82) is 0 Å². The molecule has 1 aliphatic rings. The molecule has 2 aromatic rings. The van der Waals surface area contributed by atoms with Gasteiger partial charge in [-0.05, 0) is 24.1 Å². The van der Waals surface area contributed by atoms with E-state index >= 15 is 0 Å². The Morgan fingerprint density at radius 1 is 1.35 bits per heavy atom. The van der Waals surface area contributed by atoms with Crippen molar-refractivity contribution in [2.24, 2.45) is 0 Å². The van der Waals surface area contributed by atoms with Gasteiger partial charge in [-0.15, -0.1) is 11.3 Å². The third kappa shape index (κ3) is 4.75. The Kier molecular flexibility index (Phi) is 5.77. The molecule has 0 aliphatic carbocycles. The number of hydrogen-bond acceptors (Lipinski definition) is 5. The number of hydrogen-bond donors (Lipinski definition) is 1. The lowest BCUT2D eigenvalue weighted by Gasteiger charge is -2.10. The molecule has 0 bridgehead atoms. The first kappa shape index (κ1) is 18.2. The van der Waals surface area contributed by atoms with E-state index in [1.165, 1.54) is 23.5 Å². The highest BCUT2D eigenvalue weighted by Gasteiger charge is 2.24. The first-order chi connectivity index (χ1) is 12.5. The number of carbonyl (C=O) groups excluding carboxylic acids is 2. The minimum atomic E-state index is -2.86. The summed E-state index contributed by atoms with van der Waals surface area (Å²) < 4.78 is 28.5. The predicted molar refractivity (Wildman–Crippen MR) is 92.3 cm³/mol. The molecule has 1 fully saturated rings. The molecule has 26 heavy (non-hydrogen) atoms. The standard InChI is InChI=1S/C17H17F2N3O3S/c18-16(19)25-13-5-3-11(4-6-13)9-20-14(23)8-12-10-26-17(21-12)22-7-1-2-15(22)24/h3-6,10,16H,1-2,7-9H2,(H,20,23). The molecule has 1 aliphatic heterocycles. The van der Waals surface area contributed by atoms with Crippen LogP contribution in [-0.4, -0.2) is 30.0 Å². The first-order valence-corrected chi connectivity index (χ1v) is 8.94. The van der Waals surface area contributed by atoms with Crippen LogP contribution in [0.4, 0.5) is 13.9 Å². The smallest absolute Gasteiger partial charge is 0.387 e. The normalized spacial score (nSPS) is 14.1. The molecule has 1 saturated heterocycles. The predicted octanol–water partition coefficient (Wildman–Crippen LogP) is 2.73. The minimum Gasteiger partial charge on any atom is -0.435 e. The van der Waals surface area contributed by atoms with Crippen LogP contribution in [0.25, 0.3) is 0 Å². The fraction of sp³-hybridized carbons (Fsp3) is 0.353. The lowest BCUT2D eigenvalue weighted by Crippen LogP contribution is -2.25. The number of benzene rings is 1. The maximum absolute atomic E-state index is 12.1. The van der Waals surface area contributed by atoms with Crippen LogP contribution >= 0.6 is 11.3 Å². The molecule has 0 spiro atoms. The zero-order chi connectivity index (χ0) is 18.5. The molecule has 1 aromatic carbocycles. The second-order valence-electron chi connectivity index (χ2n) is 5.75. The Hall–Kier alpha value is -2.55. The van der Waals surface area contributed by atoms with Crippen molar-refractivity contribution in [3.63, 3.8) is 0 Å². The van der Waals surface area contributed by atoms with Crippen LogP contribution in [0.15, 0.2) is 29.6 Å². The highest BCUT2D eigenvalue weighted by Crippen LogP contribution is 2.25. The van der Waals surface area contributed by atoms with Gasteiger partial charge in [-0.2, -0.15) is 8.78 Å². The summed E-state index contributed by atoms with van der Waals surface area (Å²) in [6, 6.07) is 6.07. The lowest BCUT2D eigenvalue weighted by atomic mass is 10.2. The molecule has 0 unspecified atom stereocenters. The summed E-state index contributed by atoms with van der Waals surface area (Å²) in [7, 11) is 0. The van der Waals surface area contributed by atoms with Gasteiger partial charge in [0.05, 0.1) is 12.1 Å².